The van der Waals surface area contributed by atoms with Crippen LogP contribution in [0, 0.1) is 11.8 Å². The Kier molecular flexibility index (Phi) is 5.86. The Morgan fingerprint density at radius 3 is 2.60 bits per heavy atom. The molecule has 1 amide bonds. The lowest BCUT2D eigenvalue weighted by Gasteiger charge is -2.34. The van der Waals surface area contributed by atoms with Gasteiger partial charge in [-0.25, -0.2) is 19.3 Å². The molecule has 1 N–H and O–H groups in total. The Morgan fingerprint density at radius 2 is 1.77 bits per heavy atom. The molecule has 0 aliphatic carbocycles. The van der Waals surface area contributed by atoms with E-state index in [9.17, 15) is 9.59 Å². The molecule has 0 unspecified atom stereocenters. The molecule has 0 atom stereocenters. The second-order valence-electron chi connectivity index (χ2n) is 10.00. The van der Waals surface area contributed by atoms with Gasteiger partial charge < -0.3 is 19.9 Å². The predicted molar refractivity (Wildman–Crippen MR) is 151 cm³/mol. The number of anilines is 4. The molecule has 7 rings (SSSR count). The number of hydrogen-bond donors (Lipinski definition) is 1. The number of amides is 1. The summed E-state index contributed by atoms with van der Waals surface area (Å²) in [4.78, 5) is 46.2. The molecule has 1 fully saturated rings. The number of pyridine rings is 1. The fraction of sp³-hybridized carbons (Fsp3) is 0.321. The fourth-order valence-corrected chi connectivity index (χ4v) is 5.22. The topological polar surface area (TPSA) is 114 Å². The molecule has 3 aliphatic rings. The molecule has 3 aliphatic heterocycles. The maximum absolute atomic E-state index is 13.4. The molecule has 12 heteroatoms. The van der Waals surface area contributed by atoms with Crippen LogP contribution in [-0.4, -0.2) is 81.5 Å². The molecule has 202 valence electrons. The lowest BCUT2D eigenvalue weighted by atomic mass is 10.2. The van der Waals surface area contributed by atoms with E-state index >= 15 is 0 Å². The number of piperazine rings is 1. The summed E-state index contributed by atoms with van der Waals surface area (Å²) in [6.07, 6.45) is 1.97. The molecule has 1 saturated heterocycles. The van der Waals surface area contributed by atoms with Crippen LogP contribution in [0.25, 0.3) is 16.9 Å². The van der Waals surface area contributed by atoms with Gasteiger partial charge in [-0.05, 0) is 43.4 Å². The molecule has 2 bridgehead atoms. The molecule has 0 radical (unpaired) electrons. The monoisotopic (exact) mass is 537 g/mol. The number of carbonyl (C=O) groups is 1. The van der Waals surface area contributed by atoms with Crippen molar-refractivity contribution in [3.8, 4) is 23.4 Å². The van der Waals surface area contributed by atoms with Crippen LogP contribution in [0.15, 0.2) is 47.4 Å². The summed E-state index contributed by atoms with van der Waals surface area (Å²) >= 11 is 0. The zero-order valence-electron chi connectivity index (χ0n) is 22.0. The first-order valence-electron chi connectivity index (χ1n) is 13.2. The summed E-state index contributed by atoms with van der Waals surface area (Å²) in [6, 6.07) is 11.7. The molecule has 3 aromatic heterocycles. The molecule has 6 heterocycles. The Balaban J connectivity index is 1.26. The van der Waals surface area contributed by atoms with E-state index in [1.807, 2.05) is 12.1 Å². The third-order valence-corrected chi connectivity index (χ3v) is 7.43. The lowest BCUT2D eigenvalue weighted by molar-refractivity contribution is -0.121. The summed E-state index contributed by atoms with van der Waals surface area (Å²) in [5.74, 6) is 7.64. The van der Waals surface area contributed by atoms with Crippen molar-refractivity contribution in [2.24, 2.45) is 0 Å². The molecule has 40 heavy (non-hydrogen) atoms. The van der Waals surface area contributed by atoms with E-state index in [-0.39, 0.29) is 24.6 Å². The first-order valence-corrected chi connectivity index (χ1v) is 13.2. The predicted octanol–water partition coefficient (Wildman–Crippen LogP) is 1.61. The third kappa shape index (κ3) is 4.20. The summed E-state index contributed by atoms with van der Waals surface area (Å²) in [7, 11) is 2.14. The van der Waals surface area contributed by atoms with E-state index in [2.05, 4.69) is 51.1 Å². The van der Waals surface area contributed by atoms with E-state index in [1.54, 1.807) is 21.7 Å². The lowest BCUT2D eigenvalue weighted by Crippen LogP contribution is -2.44. The summed E-state index contributed by atoms with van der Waals surface area (Å²) in [5.41, 5.74) is 2.13. The van der Waals surface area contributed by atoms with Crippen molar-refractivity contribution in [2.75, 3.05) is 61.5 Å². The highest BCUT2D eigenvalue weighted by Crippen LogP contribution is 2.32. The zero-order valence-corrected chi connectivity index (χ0v) is 22.0. The van der Waals surface area contributed by atoms with Gasteiger partial charge in [0.1, 0.15) is 11.9 Å². The van der Waals surface area contributed by atoms with E-state index in [1.165, 1.54) is 16.6 Å². The highest BCUT2D eigenvalue weighted by Gasteiger charge is 2.28. The first kappa shape index (κ1) is 24.2. The van der Waals surface area contributed by atoms with Crippen molar-refractivity contribution in [3.63, 3.8) is 0 Å². The maximum atomic E-state index is 13.4. The molecule has 12 nitrogen and oxygen atoms in total. The van der Waals surface area contributed by atoms with Gasteiger partial charge in [0.15, 0.2) is 29.6 Å². The van der Waals surface area contributed by atoms with E-state index < -0.39 is 0 Å². The second-order valence-corrected chi connectivity index (χ2v) is 10.00. The van der Waals surface area contributed by atoms with Crippen molar-refractivity contribution in [2.45, 2.75) is 13.0 Å². The third-order valence-electron chi connectivity index (χ3n) is 7.43. The summed E-state index contributed by atoms with van der Waals surface area (Å²) in [5, 5.41) is 3.61. The van der Waals surface area contributed by atoms with Crippen LogP contribution in [0.5, 0.6) is 5.75 Å². The van der Waals surface area contributed by atoms with Crippen LogP contribution in [0.1, 0.15) is 6.42 Å². The smallest absolute Gasteiger partial charge is 0.279 e. The number of likely N-dealkylation sites (N-methyl/N-ethyl adjacent to an activating group) is 1. The summed E-state index contributed by atoms with van der Waals surface area (Å²) < 4.78 is 8.74. The van der Waals surface area contributed by atoms with Gasteiger partial charge >= 0.3 is 0 Å². The van der Waals surface area contributed by atoms with Gasteiger partial charge in [0.25, 0.3) is 11.5 Å². The fourth-order valence-electron chi connectivity index (χ4n) is 5.22. The number of aromatic nitrogens is 5. The Labute approximate surface area is 229 Å². The van der Waals surface area contributed by atoms with E-state index in [0.717, 1.165) is 31.9 Å². The van der Waals surface area contributed by atoms with Gasteiger partial charge in [-0.1, -0.05) is 11.8 Å². The van der Waals surface area contributed by atoms with Crippen LogP contribution in [-0.2, 0) is 11.3 Å². The zero-order chi connectivity index (χ0) is 27.2. The molecule has 4 aromatic rings. The number of hydrogen-bond acceptors (Lipinski definition) is 9. The SMILES string of the molecule is CN1CCN(c2ccc(Nc3ncc4c(=O)n5n(c4n3)-c3ccc4c(n3)N(CCC#CC5)C(=O)CO4)cc2)CC1. The van der Waals surface area contributed by atoms with Crippen LogP contribution >= 0.6 is 0 Å². The average Bonchev–Trinajstić information content (AvgIpc) is 3.23. The highest BCUT2D eigenvalue weighted by molar-refractivity contribution is 5.96. The number of benzene rings is 1. The highest BCUT2D eigenvalue weighted by atomic mass is 16.5. The number of rotatable bonds is 3. The Hall–Kier alpha value is -4.89. The number of nitrogens with one attached hydrogen (secondary N) is 1. The molecular formula is C28H27N9O3. The molecular weight excluding hydrogens is 510 g/mol. The van der Waals surface area contributed by atoms with E-state index in [4.69, 9.17) is 14.7 Å². The van der Waals surface area contributed by atoms with Gasteiger partial charge in [0.05, 0.1) is 0 Å². The minimum Gasteiger partial charge on any atom is -0.480 e. The maximum Gasteiger partial charge on any atom is 0.279 e. The minimum atomic E-state index is -0.268. The molecule has 0 spiro atoms. The van der Waals surface area contributed by atoms with Crippen LogP contribution in [0.3, 0.4) is 0 Å². The molecule has 0 saturated carbocycles. The van der Waals surface area contributed by atoms with Crippen molar-refractivity contribution >= 4 is 40.1 Å². The first-order chi connectivity index (χ1) is 19.5. The standard InChI is InChI=1S/C28H27N9O3/c1-33-13-15-34(16-14-33)20-7-5-19(6-8-20)30-28-29-17-21-25(32-28)37-23-10-9-22-26(31-23)35(24(38)18-40-22)11-3-2-4-12-36(37)27(21)39/h5-10,17H,3,11-16,18H2,1H3,(H,29,30,32). The quantitative estimate of drug-likeness (QED) is 0.390. The number of carbonyl (C=O) groups excluding carboxylic acids is 1. The minimum absolute atomic E-state index is 0.0444. The van der Waals surface area contributed by atoms with E-state index in [0.29, 0.717) is 47.3 Å². The average molecular weight is 538 g/mol. The summed E-state index contributed by atoms with van der Waals surface area (Å²) in [6.45, 7) is 4.58. The van der Waals surface area contributed by atoms with Gasteiger partial charge in [-0.2, -0.15) is 4.98 Å². The van der Waals surface area contributed by atoms with Crippen molar-refractivity contribution in [3.05, 3.63) is 52.9 Å². The number of ether oxygens (including phenoxy) is 1. The van der Waals surface area contributed by atoms with Gasteiger partial charge in [0.2, 0.25) is 5.95 Å². The van der Waals surface area contributed by atoms with Crippen molar-refractivity contribution in [1.82, 2.24) is 29.2 Å². The van der Waals surface area contributed by atoms with Crippen molar-refractivity contribution < 1.29 is 9.53 Å². The van der Waals surface area contributed by atoms with Crippen LogP contribution < -0.4 is 25.4 Å². The Bertz CT molecular complexity index is 1740. The number of fused-ring (bicyclic) bond motifs is 5. The second kappa shape index (κ2) is 9.69. The number of nitrogens with zero attached hydrogens (tertiary/aromatic N) is 8. The van der Waals surface area contributed by atoms with Gasteiger partial charge in [0, 0.05) is 56.7 Å². The van der Waals surface area contributed by atoms with Crippen LogP contribution in [0.4, 0.5) is 23.1 Å². The van der Waals surface area contributed by atoms with Crippen LogP contribution in [0.2, 0.25) is 0 Å². The Morgan fingerprint density at radius 1 is 0.950 bits per heavy atom. The van der Waals surface area contributed by atoms with Gasteiger partial charge in [-0.15, -0.1) is 0 Å². The van der Waals surface area contributed by atoms with Crippen molar-refractivity contribution in [1.29, 1.82) is 0 Å². The molecule has 1 aromatic carbocycles. The largest absolute Gasteiger partial charge is 0.480 e. The normalized spacial score (nSPS) is 17.0. The van der Waals surface area contributed by atoms with Gasteiger partial charge in [-0.3, -0.25) is 14.5 Å².